The van der Waals surface area contributed by atoms with Gasteiger partial charge in [-0.25, -0.2) is 0 Å². The van der Waals surface area contributed by atoms with Crippen molar-refractivity contribution in [2.24, 2.45) is 11.5 Å². The third-order valence-electron chi connectivity index (χ3n) is 3.08. The van der Waals surface area contributed by atoms with Gasteiger partial charge >= 0.3 is 0 Å². The van der Waals surface area contributed by atoms with Crippen LogP contribution in [0.2, 0.25) is 0 Å². The molecule has 0 spiro atoms. The Kier molecular flexibility index (Phi) is 6.06. The van der Waals surface area contributed by atoms with Crippen molar-refractivity contribution in [2.45, 2.75) is 26.0 Å². The molecule has 0 aromatic heterocycles. The molecule has 0 saturated carbocycles. The van der Waals surface area contributed by atoms with Gasteiger partial charge in [-0.2, -0.15) is 0 Å². The van der Waals surface area contributed by atoms with Crippen molar-refractivity contribution in [2.75, 3.05) is 13.1 Å². The molecule has 1 aromatic carbocycles. The molecule has 20 heavy (non-hydrogen) atoms. The molecule has 1 rings (SSSR count). The van der Waals surface area contributed by atoms with Crippen molar-refractivity contribution in [3.8, 4) is 0 Å². The van der Waals surface area contributed by atoms with Crippen LogP contribution in [0.3, 0.4) is 0 Å². The zero-order valence-electron chi connectivity index (χ0n) is 11.7. The van der Waals surface area contributed by atoms with Gasteiger partial charge in [0.25, 0.3) is 0 Å². The molecule has 1 amide bonds. The van der Waals surface area contributed by atoms with Gasteiger partial charge in [-0.3, -0.25) is 9.69 Å². The second kappa shape index (κ2) is 7.33. The molecular formula is C14H21N3O2S. The lowest BCUT2D eigenvalue weighted by molar-refractivity contribution is -0.119. The number of amides is 1. The van der Waals surface area contributed by atoms with E-state index in [2.05, 4.69) is 0 Å². The number of nitrogens with two attached hydrogens (primary N) is 2. The highest BCUT2D eigenvalue weighted by Crippen LogP contribution is 2.16. The summed E-state index contributed by atoms with van der Waals surface area (Å²) in [7, 11) is 0. The monoisotopic (exact) mass is 295 g/mol. The van der Waals surface area contributed by atoms with E-state index in [1.807, 2.05) is 18.7 Å². The minimum absolute atomic E-state index is 0.119. The van der Waals surface area contributed by atoms with E-state index >= 15 is 0 Å². The normalized spacial score (nSPS) is 12.7. The Morgan fingerprint density at radius 3 is 2.25 bits per heavy atom. The van der Waals surface area contributed by atoms with Gasteiger partial charge in [0.2, 0.25) is 5.91 Å². The zero-order chi connectivity index (χ0) is 15.3. The van der Waals surface area contributed by atoms with Gasteiger partial charge in [0.15, 0.2) is 0 Å². The number of carbonyl (C=O) groups excluding carboxylic acids is 1. The van der Waals surface area contributed by atoms with Crippen molar-refractivity contribution >= 4 is 23.1 Å². The van der Waals surface area contributed by atoms with Crippen LogP contribution >= 0.6 is 12.2 Å². The lowest BCUT2D eigenvalue weighted by Crippen LogP contribution is -2.40. The Balaban J connectivity index is 2.75. The fraction of sp³-hybridized carbons (Fsp3) is 0.429. The highest BCUT2D eigenvalue weighted by Gasteiger charge is 2.17. The maximum atomic E-state index is 11.0. The van der Waals surface area contributed by atoms with E-state index in [0.29, 0.717) is 11.5 Å². The Labute approximate surface area is 124 Å². The summed E-state index contributed by atoms with van der Waals surface area (Å²) < 4.78 is 0. The Hall–Kier alpha value is -1.50. The van der Waals surface area contributed by atoms with Gasteiger partial charge in [0.1, 0.15) is 4.99 Å². The first-order valence-corrected chi connectivity index (χ1v) is 6.82. The molecule has 1 aromatic rings. The lowest BCUT2D eigenvalue weighted by Gasteiger charge is -2.27. The standard InChI is InChI=1S/C14H21N3O2S/c1-9(2)17(8-13(15)19)7-12(18)10-3-5-11(6-4-10)14(16)20/h3-6,9,12,18H,7-8H2,1-2H3,(H2,15,19)(H2,16,20). The molecule has 0 saturated heterocycles. The number of hydrogen-bond donors (Lipinski definition) is 3. The molecule has 0 bridgehead atoms. The molecule has 0 heterocycles. The number of hydrogen-bond acceptors (Lipinski definition) is 4. The highest BCUT2D eigenvalue weighted by atomic mass is 32.1. The molecule has 0 aliphatic carbocycles. The fourth-order valence-corrected chi connectivity index (χ4v) is 1.99. The van der Waals surface area contributed by atoms with Gasteiger partial charge in [0, 0.05) is 18.2 Å². The van der Waals surface area contributed by atoms with E-state index in [1.54, 1.807) is 24.3 Å². The number of nitrogens with zero attached hydrogens (tertiary/aromatic N) is 1. The molecular weight excluding hydrogens is 274 g/mol. The Bertz CT molecular complexity index is 474. The number of rotatable bonds is 7. The Morgan fingerprint density at radius 2 is 1.85 bits per heavy atom. The number of thiocarbonyl (C=S) groups is 1. The first kappa shape index (κ1) is 16.6. The molecule has 5 nitrogen and oxygen atoms in total. The maximum Gasteiger partial charge on any atom is 0.231 e. The minimum atomic E-state index is -0.697. The smallest absolute Gasteiger partial charge is 0.231 e. The molecule has 0 radical (unpaired) electrons. The van der Waals surface area contributed by atoms with Crippen molar-refractivity contribution < 1.29 is 9.90 Å². The first-order chi connectivity index (χ1) is 9.31. The summed E-state index contributed by atoms with van der Waals surface area (Å²) in [6.07, 6.45) is -0.697. The number of aliphatic hydroxyl groups is 1. The lowest BCUT2D eigenvalue weighted by atomic mass is 10.1. The molecule has 1 unspecified atom stereocenters. The summed E-state index contributed by atoms with van der Waals surface area (Å²) in [6.45, 7) is 4.37. The molecule has 1 atom stereocenters. The summed E-state index contributed by atoms with van der Waals surface area (Å²) in [4.78, 5) is 13.2. The van der Waals surface area contributed by atoms with Crippen molar-refractivity contribution in [1.82, 2.24) is 4.90 Å². The van der Waals surface area contributed by atoms with Gasteiger partial charge in [-0.1, -0.05) is 36.5 Å². The second-order valence-corrected chi connectivity index (χ2v) is 5.43. The molecule has 110 valence electrons. The average Bonchev–Trinajstić information content (AvgIpc) is 2.37. The maximum absolute atomic E-state index is 11.0. The van der Waals surface area contributed by atoms with E-state index in [9.17, 15) is 9.90 Å². The van der Waals surface area contributed by atoms with Crippen LogP contribution in [0, 0.1) is 0 Å². The van der Waals surface area contributed by atoms with Crippen LogP contribution in [-0.4, -0.2) is 40.0 Å². The van der Waals surface area contributed by atoms with Gasteiger partial charge in [0.05, 0.1) is 12.6 Å². The topological polar surface area (TPSA) is 92.6 Å². The van der Waals surface area contributed by atoms with Gasteiger partial charge in [-0.15, -0.1) is 0 Å². The minimum Gasteiger partial charge on any atom is -0.389 e. The van der Waals surface area contributed by atoms with E-state index in [4.69, 9.17) is 23.7 Å². The molecule has 0 aliphatic rings. The van der Waals surface area contributed by atoms with E-state index < -0.39 is 12.0 Å². The van der Waals surface area contributed by atoms with Gasteiger partial charge < -0.3 is 16.6 Å². The van der Waals surface area contributed by atoms with Crippen LogP contribution < -0.4 is 11.5 Å². The molecule has 6 heteroatoms. The predicted octanol–water partition coefficient (Wildman–Crippen LogP) is 0.550. The average molecular weight is 295 g/mol. The van der Waals surface area contributed by atoms with Gasteiger partial charge in [-0.05, 0) is 19.4 Å². The summed E-state index contributed by atoms with van der Waals surface area (Å²) in [5.74, 6) is -0.408. The number of benzene rings is 1. The predicted molar refractivity (Wildman–Crippen MR) is 83.2 cm³/mol. The summed E-state index contributed by atoms with van der Waals surface area (Å²) in [6, 6.07) is 7.22. The van der Waals surface area contributed by atoms with Crippen LogP contribution in [0.1, 0.15) is 31.1 Å². The first-order valence-electron chi connectivity index (χ1n) is 6.41. The van der Waals surface area contributed by atoms with Crippen LogP contribution in [0.15, 0.2) is 24.3 Å². The van der Waals surface area contributed by atoms with E-state index in [-0.39, 0.29) is 12.6 Å². The number of carbonyl (C=O) groups is 1. The van der Waals surface area contributed by atoms with Crippen molar-refractivity contribution in [3.05, 3.63) is 35.4 Å². The quantitative estimate of drug-likeness (QED) is 0.639. The SMILES string of the molecule is CC(C)N(CC(N)=O)CC(O)c1ccc(C(N)=S)cc1. The fourth-order valence-electron chi connectivity index (χ4n) is 1.86. The third-order valence-corrected chi connectivity index (χ3v) is 3.31. The van der Waals surface area contributed by atoms with Crippen LogP contribution in [0.5, 0.6) is 0 Å². The van der Waals surface area contributed by atoms with Crippen LogP contribution in [0.4, 0.5) is 0 Å². The number of aliphatic hydroxyl groups excluding tert-OH is 1. The number of primary amides is 1. The second-order valence-electron chi connectivity index (χ2n) is 4.99. The zero-order valence-corrected chi connectivity index (χ0v) is 12.6. The summed E-state index contributed by atoms with van der Waals surface area (Å²) in [5.41, 5.74) is 12.2. The van der Waals surface area contributed by atoms with Crippen LogP contribution in [0.25, 0.3) is 0 Å². The molecule has 0 aliphatic heterocycles. The molecule has 0 fully saturated rings. The molecule has 5 N–H and O–H groups in total. The van der Waals surface area contributed by atoms with Crippen LogP contribution in [-0.2, 0) is 4.79 Å². The van der Waals surface area contributed by atoms with E-state index in [0.717, 1.165) is 11.1 Å². The van der Waals surface area contributed by atoms with Crippen molar-refractivity contribution in [1.29, 1.82) is 0 Å². The summed E-state index contributed by atoms with van der Waals surface area (Å²) >= 11 is 4.88. The largest absolute Gasteiger partial charge is 0.389 e. The Morgan fingerprint density at radius 1 is 1.30 bits per heavy atom. The summed E-state index contributed by atoms with van der Waals surface area (Å²) in [5, 5.41) is 10.2. The van der Waals surface area contributed by atoms with Crippen molar-refractivity contribution in [3.63, 3.8) is 0 Å². The van der Waals surface area contributed by atoms with E-state index in [1.165, 1.54) is 0 Å². The highest BCUT2D eigenvalue weighted by molar-refractivity contribution is 7.80. The third kappa shape index (κ3) is 4.88.